The van der Waals surface area contributed by atoms with Crippen molar-refractivity contribution in [3.05, 3.63) is 255 Å². The van der Waals surface area contributed by atoms with Crippen molar-refractivity contribution in [3.63, 3.8) is 0 Å². The number of fused-ring (bicyclic) bond motifs is 8. The van der Waals surface area contributed by atoms with Gasteiger partial charge in [-0.15, -0.1) is 0 Å². The predicted octanol–water partition coefficient (Wildman–Crippen LogP) is 20.2. The van der Waals surface area contributed by atoms with Gasteiger partial charge < -0.3 is 40.9 Å². The van der Waals surface area contributed by atoms with Crippen molar-refractivity contribution in [2.24, 2.45) is 0 Å². The van der Waals surface area contributed by atoms with E-state index in [2.05, 4.69) is 36.4 Å². The molecule has 0 aliphatic heterocycles. The fourth-order valence-electron chi connectivity index (χ4n) is 13.6. The molecule has 8 nitrogen and oxygen atoms in total. The molecule has 0 fully saturated rings. The van der Waals surface area contributed by atoms with Crippen LogP contribution in [0.15, 0.2) is 255 Å². The summed E-state index contributed by atoms with van der Waals surface area (Å²) in [5.41, 5.74) is 9.82. The second-order valence-corrected chi connectivity index (χ2v) is 22.7. The average Bonchev–Trinajstić information content (AvgIpc) is 1.06. The maximum Gasteiger partial charge on any atom is 0.124 e. The van der Waals surface area contributed by atoms with Crippen molar-refractivity contribution in [2.75, 3.05) is 0 Å². The van der Waals surface area contributed by atoms with E-state index in [4.69, 9.17) is 0 Å². The van der Waals surface area contributed by atoms with Crippen LogP contribution in [0.1, 0.15) is 0 Å². The molecule has 16 rings (SSSR count). The highest BCUT2D eigenvalue weighted by Crippen LogP contribution is 2.51. The smallest absolute Gasteiger partial charge is 0.124 e. The Morgan fingerprint density at radius 2 is 0.295 bits per heavy atom. The first-order chi connectivity index (χ1) is 42.9. The van der Waals surface area contributed by atoms with Crippen molar-refractivity contribution in [3.8, 4) is 124 Å². The normalized spacial score (nSPS) is 11.8. The molecular weight excluding hydrogens is 1090 g/mol. The van der Waals surface area contributed by atoms with Crippen LogP contribution in [-0.2, 0) is 0 Å². The Kier molecular flexibility index (Phi) is 11.6. The Hall–Kier alpha value is -12.0. The molecular formula is C80H50O8. The molecule has 418 valence electrons. The zero-order valence-corrected chi connectivity index (χ0v) is 46.8. The monoisotopic (exact) mass is 1140 g/mol. The molecule has 16 aromatic carbocycles. The van der Waals surface area contributed by atoms with Gasteiger partial charge in [0.2, 0.25) is 0 Å². The molecule has 0 spiro atoms. The minimum Gasteiger partial charge on any atom is -0.507 e. The summed E-state index contributed by atoms with van der Waals surface area (Å²) in [5.74, 6) is 0.395. The highest BCUT2D eigenvalue weighted by molar-refractivity contribution is 6.15. The van der Waals surface area contributed by atoms with Crippen LogP contribution in [0.5, 0.6) is 46.0 Å². The molecule has 0 aliphatic carbocycles. The molecule has 0 amide bonds. The molecule has 0 aliphatic rings. The Bertz CT molecular complexity index is 5340. The fourth-order valence-corrected chi connectivity index (χ4v) is 13.6. The number of aromatic hydroxyl groups is 8. The summed E-state index contributed by atoms with van der Waals surface area (Å²) in [4.78, 5) is 0. The van der Waals surface area contributed by atoms with Crippen LogP contribution in [0.25, 0.3) is 164 Å². The van der Waals surface area contributed by atoms with Gasteiger partial charge in [-0.05, 0) is 204 Å². The SMILES string of the molecule is Oc1ccc2ccccc2c1-c1c(O)ccc2cc(-c3ccc4c(-c5c(O)ccc6cc(-c7ccc8c(-c9c(O)ccc%10cc(-c%11ccc%12c(-c%13c(O)ccc%14ccccc%13%14)c(O)ccc%12c%11)ccc9%10)c(O)ccc8c7)ccc56)c(O)ccc4c3)ccc12. The van der Waals surface area contributed by atoms with E-state index in [1.807, 2.05) is 170 Å². The van der Waals surface area contributed by atoms with Crippen LogP contribution in [0.4, 0.5) is 0 Å². The number of benzene rings is 16. The molecule has 0 radical (unpaired) electrons. The number of rotatable bonds is 7. The highest BCUT2D eigenvalue weighted by atomic mass is 16.3. The van der Waals surface area contributed by atoms with Crippen LogP contribution in [-0.4, -0.2) is 40.9 Å². The van der Waals surface area contributed by atoms with Gasteiger partial charge in [0, 0.05) is 44.5 Å². The Labute approximate surface area is 503 Å². The van der Waals surface area contributed by atoms with Crippen molar-refractivity contribution in [1.29, 1.82) is 0 Å². The van der Waals surface area contributed by atoms with E-state index in [-0.39, 0.29) is 46.0 Å². The van der Waals surface area contributed by atoms with Crippen molar-refractivity contribution in [1.82, 2.24) is 0 Å². The summed E-state index contributed by atoms with van der Waals surface area (Å²) in [6.07, 6.45) is 0. The number of hydrogen-bond acceptors (Lipinski definition) is 8. The highest BCUT2D eigenvalue weighted by Gasteiger charge is 2.23. The lowest BCUT2D eigenvalue weighted by Gasteiger charge is -2.17. The maximum atomic E-state index is 11.7. The number of phenols is 8. The van der Waals surface area contributed by atoms with Gasteiger partial charge in [0.15, 0.2) is 0 Å². The van der Waals surface area contributed by atoms with E-state index in [1.165, 1.54) is 0 Å². The topological polar surface area (TPSA) is 162 Å². The largest absolute Gasteiger partial charge is 0.507 e. The van der Waals surface area contributed by atoms with Gasteiger partial charge in [0.25, 0.3) is 0 Å². The quantitative estimate of drug-likeness (QED) is 0.0782. The molecule has 0 unspecified atom stereocenters. The van der Waals surface area contributed by atoms with Crippen LogP contribution in [0, 0.1) is 0 Å². The van der Waals surface area contributed by atoms with Crippen molar-refractivity contribution in [2.45, 2.75) is 0 Å². The fraction of sp³-hybridized carbons (Fsp3) is 0. The lowest BCUT2D eigenvalue weighted by molar-refractivity contribution is 0.470. The van der Waals surface area contributed by atoms with E-state index in [0.29, 0.717) is 44.5 Å². The standard InChI is InChI=1S/C80H50O8/c81-65-29-15-43-5-1-3-7-57(43)73(65)75-59-23-9-45(37-51(59)17-31-67(75)83)47-11-25-61-53(39-47)19-33-69(85)77(61)79-63-27-13-49(41-55(63)21-35-71(79)87)50-14-28-64-56(42-50)22-36-72(88)80(64)78-62-26-12-48(40-54(62)20-34-70(78)86)46-10-24-60-52(38-46)18-32-68(84)76(60)74-58-8-4-2-6-44(58)16-30-66(74)82/h1-42,81-88H. The van der Waals surface area contributed by atoms with E-state index in [1.54, 1.807) is 48.5 Å². The predicted molar refractivity (Wildman–Crippen MR) is 358 cm³/mol. The van der Waals surface area contributed by atoms with E-state index >= 15 is 0 Å². The Morgan fingerprint density at radius 3 is 0.489 bits per heavy atom. The van der Waals surface area contributed by atoms with Gasteiger partial charge in [0.1, 0.15) is 46.0 Å². The van der Waals surface area contributed by atoms with E-state index < -0.39 is 0 Å². The first-order valence-electron chi connectivity index (χ1n) is 28.9. The average molecular weight is 1140 g/mol. The zero-order valence-electron chi connectivity index (χ0n) is 46.8. The second-order valence-electron chi connectivity index (χ2n) is 22.7. The van der Waals surface area contributed by atoms with Gasteiger partial charge in [-0.2, -0.15) is 0 Å². The minimum atomic E-state index is 0.0219. The van der Waals surface area contributed by atoms with Crippen LogP contribution >= 0.6 is 0 Å². The molecule has 0 saturated carbocycles. The van der Waals surface area contributed by atoms with Crippen LogP contribution < -0.4 is 0 Å². The summed E-state index contributed by atoms with van der Waals surface area (Å²) in [7, 11) is 0. The summed E-state index contributed by atoms with van der Waals surface area (Å²) in [6.45, 7) is 0. The molecule has 16 aromatic rings. The third-order valence-electron chi connectivity index (χ3n) is 17.8. The number of phenolic OH excluding ortho intramolecular Hbond substituents is 8. The number of hydrogen-bond donors (Lipinski definition) is 8. The summed E-state index contributed by atoms with van der Waals surface area (Å²) in [5, 5.41) is 105. The Morgan fingerprint density at radius 1 is 0.136 bits per heavy atom. The minimum absolute atomic E-state index is 0.0219. The van der Waals surface area contributed by atoms with Crippen molar-refractivity contribution >= 4 is 86.2 Å². The zero-order chi connectivity index (χ0) is 59.6. The molecule has 88 heavy (non-hydrogen) atoms. The van der Waals surface area contributed by atoms with Gasteiger partial charge in [-0.1, -0.05) is 170 Å². The van der Waals surface area contributed by atoms with Gasteiger partial charge >= 0.3 is 0 Å². The first-order valence-corrected chi connectivity index (χ1v) is 28.9. The molecule has 0 bridgehead atoms. The molecule has 8 heteroatoms. The van der Waals surface area contributed by atoms with Gasteiger partial charge in [0.05, 0.1) is 0 Å². The molecule has 0 atom stereocenters. The van der Waals surface area contributed by atoms with Gasteiger partial charge in [-0.25, -0.2) is 0 Å². The lowest BCUT2D eigenvalue weighted by atomic mass is 9.88. The first kappa shape index (κ1) is 51.6. The van der Waals surface area contributed by atoms with Crippen molar-refractivity contribution < 1.29 is 40.9 Å². The van der Waals surface area contributed by atoms with E-state index in [9.17, 15) is 40.9 Å². The Balaban J connectivity index is 0.721. The molecule has 0 saturated heterocycles. The summed E-state index contributed by atoms with van der Waals surface area (Å²) >= 11 is 0. The maximum absolute atomic E-state index is 11.7. The third-order valence-corrected chi connectivity index (χ3v) is 17.8. The molecule has 0 aromatic heterocycles. The second kappa shape index (κ2) is 19.8. The lowest BCUT2D eigenvalue weighted by Crippen LogP contribution is -1.90. The summed E-state index contributed by atoms with van der Waals surface area (Å²) in [6, 6.07) is 80.2. The van der Waals surface area contributed by atoms with E-state index in [0.717, 1.165) is 120 Å². The van der Waals surface area contributed by atoms with Gasteiger partial charge in [-0.3, -0.25) is 0 Å². The summed E-state index contributed by atoms with van der Waals surface area (Å²) < 4.78 is 0. The molecule has 0 heterocycles. The van der Waals surface area contributed by atoms with Crippen LogP contribution in [0.2, 0.25) is 0 Å². The molecule has 8 N–H and O–H groups in total. The van der Waals surface area contributed by atoms with Crippen LogP contribution in [0.3, 0.4) is 0 Å². The third kappa shape index (κ3) is 8.15.